The molecule has 1 amide bonds. The fourth-order valence-corrected chi connectivity index (χ4v) is 4.16. The van der Waals surface area contributed by atoms with Gasteiger partial charge in [0.05, 0.1) is 12.8 Å². The summed E-state index contributed by atoms with van der Waals surface area (Å²) in [7, 11) is 1.40. The lowest BCUT2D eigenvalue weighted by molar-refractivity contribution is 0.0705. The van der Waals surface area contributed by atoms with E-state index in [-0.39, 0.29) is 17.6 Å². The van der Waals surface area contributed by atoms with Crippen LogP contribution >= 0.6 is 11.6 Å². The standard InChI is InChI=1S/C23H21ClFN3O2/c1-30-21-9-8-15(11-20(21)25)23(29)28-10-4-5-16(13-28)22-18(12-26-14-27-22)17-6-2-3-7-19(17)24/h2-3,6-9,11-12,14,16H,4-5,10,13H2,1H3. The van der Waals surface area contributed by atoms with E-state index in [0.717, 1.165) is 29.7 Å². The summed E-state index contributed by atoms with van der Waals surface area (Å²) in [4.78, 5) is 23.5. The van der Waals surface area contributed by atoms with Crippen molar-refractivity contribution in [1.82, 2.24) is 14.9 Å². The predicted molar refractivity (Wildman–Crippen MR) is 113 cm³/mol. The first kappa shape index (κ1) is 20.3. The minimum absolute atomic E-state index is 0.0417. The van der Waals surface area contributed by atoms with E-state index >= 15 is 0 Å². The number of hydrogen-bond donors (Lipinski definition) is 0. The highest BCUT2D eigenvalue weighted by molar-refractivity contribution is 6.33. The van der Waals surface area contributed by atoms with E-state index in [1.54, 1.807) is 17.2 Å². The Hall–Kier alpha value is -2.99. The molecule has 1 fully saturated rings. The Morgan fingerprint density at radius 3 is 2.83 bits per heavy atom. The van der Waals surface area contributed by atoms with E-state index in [0.29, 0.717) is 23.7 Å². The number of methoxy groups -OCH3 is 1. The second-order valence-corrected chi connectivity index (χ2v) is 7.65. The Morgan fingerprint density at radius 1 is 1.23 bits per heavy atom. The molecule has 1 unspecified atom stereocenters. The third-order valence-corrected chi connectivity index (χ3v) is 5.73. The largest absolute Gasteiger partial charge is 0.494 e. The van der Waals surface area contributed by atoms with Gasteiger partial charge in [0.15, 0.2) is 11.6 Å². The van der Waals surface area contributed by atoms with E-state index in [9.17, 15) is 9.18 Å². The molecule has 1 atom stereocenters. The van der Waals surface area contributed by atoms with Crippen LogP contribution in [0.3, 0.4) is 0 Å². The van der Waals surface area contributed by atoms with Gasteiger partial charge in [-0.15, -0.1) is 0 Å². The number of halogens is 2. The Morgan fingerprint density at radius 2 is 2.07 bits per heavy atom. The highest BCUT2D eigenvalue weighted by atomic mass is 35.5. The lowest BCUT2D eigenvalue weighted by Gasteiger charge is -2.33. The van der Waals surface area contributed by atoms with Gasteiger partial charge in [-0.2, -0.15) is 0 Å². The van der Waals surface area contributed by atoms with E-state index in [2.05, 4.69) is 9.97 Å². The van der Waals surface area contributed by atoms with Gasteiger partial charge in [0.1, 0.15) is 6.33 Å². The average Bonchev–Trinajstić information content (AvgIpc) is 2.79. The smallest absolute Gasteiger partial charge is 0.253 e. The number of carbonyl (C=O) groups excluding carboxylic acids is 1. The number of carbonyl (C=O) groups is 1. The first-order valence-corrected chi connectivity index (χ1v) is 10.1. The Kier molecular flexibility index (Phi) is 5.95. The van der Waals surface area contributed by atoms with Crippen LogP contribution in [0.15, 0.2) is 55.0 Å². The number of hydrogen-bond acceptors (Lipinski definition) is 4. The summed E-state index contributed by atoms with van der Waals surface area (Å²) in [6.45, 7) is 1.12. The van der Waals surface area contributed by atoms with Crippen LogP contribution in [-0.2, 0) is 0 Å². The first-order valence-electron chi connectivity index (χ1n) is 9.76. The number of benzene rings is 2. The molecule has 1 aromatic heterocycles. The molecular formula is C23H21ClFN3O2. The zero-order valence-electron chi connectivity index (χ0n) is 16.5. The monoisotopic (exact) mass is 425 g/mol. The van der Waals surface area contributed by atoms with Crippen LogP contribution in [0.4, 0.5) is 4.39 Å². The molecule has 0 bridgehead atoms. The van der Waals surface area contributed by atoms with Gasteiger partial charge in [-0.25, -0.2) is 14.4 Å². The predicted octanol–water partition coefficient (Wildman–Crippen LogP) is 4.96. The Labute approximate surface area is 179 Å². The van der Waals surface area contributed by atoms with Crippen molar-refractivity contribution in [3.8, 4) is 16.9 Å². The second kappa shape index (κ2) is 8.79. The van der Waals surface area contributed by atoms with Gasteiger partial charge in [0.25, 0.3) is 5.91 Å². The summed E-state index contributed by atoms with van der Waals surface area (Å²) in [5.74, 6) is -0.586. The molecule has 5 nitrogen and oxygen atoms in total. The van der Waals surface area contributed by atoms with Crippen molar-refractivity contribution in [2.75, 3.05) is 20.2 Å². The highest BCUT2D eigenvalue weighted by Crippen LogP contribution is 2.36. The van der Waals surface area contributed by atoms with Gasteiger partial charge >= 0.3 is 0 Å². The molecule has 0 saturated carbocycles. The van der Waals surface area contributed by atoms with Crippen molar-refractivity contribution in [3.63, 3.8) is 0 Å². The summed E-state index contributed by atoms with van der Waals surface area (Å²) in [6.07, 6.45) is 5.02. The van der Waals surface area contributed by atoms with Crippen molar-refractivity contribution in [2.24, 2.45) is 0 Å². The summed E-state index contributed by atoms with van der Waals surface area (Å²) in [6, 6.07) is 11.9. The quantitative estimate of drug-likeness (QED) is 0.592. The van der Waals surface area contributed by atoms with Crippen molar-refractivity contribution < 1.29 is 13.9 Å². The Bertz CT molecular complexity index is 1080. The molecule has 30 heavy (non-hydrogen) atoms. The van der Waals surface area contributed by atoms with Crippen molar-refractivity contribution >= 4 is 17.5 Å². The minimum Gasteiger partial charge on any atom is -0.494 e. The van der Waals surface area contributed by atoms with Crippen molar-refractivity contribution in [1.29, 1.82) is 0 Å². The molecule has 4 rings (SSSR count). The minimum atomic E-state index is -0.547. The summed E-state index contributed by atoms with van der Waals surface area (Å²) in [5.41, 5.74) is 2.92. The van der Waals surface area contributed by atoms with Crippen LogP contribution in [0.2, 0.25) is 5.02 Å². The summed E-state index contributed by atoms with van der Waals surface area (Å²) < 4.78 is 19.0. The number of aromatic nitrogens is 2. The van der Waals surface area contributed by atoms with Gasteiger partial charge in [-0.1, -0.05) is 29.8 Å². The van der Waals surface area contributed by atoms with E-state index in [4.69, 9.17) is 16.3 Å². The van der Waals surface area contributed by atoms with Gasteiger partial charge in [0.2, 0.25) is 0 Å². The van der Waals surface area contributed by atoms with Gasteiger partial charge < -0.3 is 9.64 Å². The normalized spacial score (nSPS) is 16.4. The van der Waals surface area contributed by atoms with Crippen LogP contribution in [0.1, 0.15) is 34.8 Å². The molecule has 7 heteroatoms. The van der Waals surface area contributed by atoms with Crippen LogP contribution < -0.4 is 4.74 Å². The van der Waals surface area contributed by atoms with Crippen molar-refractivity contribution in [3.05, 3.63) is 77.1 Å². The lowest BCUT2D eigenvalue weighted by Crippen LogP contribution is -2.39. The van der Waals surface area contributed by atoms with Crippen LogP contribution in [0.25, 0.3) is 11.1 Å². The average molecular weight is 426 g/mol. The summed E-state index contributed by atoms with van der Waals surface area (Å²) >= 11 is 6.40. The van der Waals surface area contributed by atoms with Gasteiger partial charge in [-0.3, -0.25) is 4.79 Å². The molecule has 1 aliphatic rings. The maximum Gasteiger partial charge on any atom is 0.253 e. The number of nitrogens with zero attached hydrogens (tertiary/aromatic N) is 3. The molecule has 1 aliphatic heterocycles. The van der Waals surface area contributed by atoms with E-state index in [1.165, 1.54) is 25.6 Å². The Balaban J connectivity index is 1.60. The topological polar surface area (TPSA) is 55.3 Å². The van der Waals surface area contributed by atoms with Crippen molar-refractivity contribution in [2.45, 2.75) is 18.8 Å². The number of rotatable bonds is 4. The number of likely N-dealkylation sites (tertiary alicyclic amines) is 1. The molecule has 3 aromatic rings. The van der Waals surface area contributed by atoms with Gasteiger partial charge in [0, 0.05) is 46.9 Å². The third kappa shape index (κ3) is 4.00. The SMILES string of the molecule is COc1ccc(C(=O)N2CCCC(c3ncncc3-c3ccccc3Cl)C2)cc1F. The van der Waals surface area contributed by atoms with Crippen LogP contribution in [-0.4, -0.2) is 41.0 Å². The maximum absolute atomic E-state index is 14.1. The summed E-state index contributed by atoms with van der Waals surface area (Å²) in [5, 5.41) is 0.631. The lowest BCUT2D eigenvalue weighted by atomic mass is 9.89. The fraction of sp³-hybridized carbons (Fsp3) is 0.261. The zero-order chi connectivity index (χ0) is 21.1. The fourth-order valence-electron chi connectivity index (χ4n) is 3.92. The number of amides is 1. The number of ether oxygens (including phenoxy) is 1. The molecule has 0 N–H and O–H groups in total. The van der Waals surface area contributed by atoms with Gasteiger partial charge in [-0.05, 0) is 37.1 Å². The molecule has 154 valence electrons. The number of piperidine rings is 1. The van der Waals surface area contributed by atoms with Crippen LogP contribution in [0, 0.1) is 5.82 Å². The zero-order valence-corrected chi connectivity index (χ0v) is 17.3. The molecule has 2 heterocycles. The van der Waals surface area contributed by atoms with E-state index in [1.807, 2.05) is 24.3 Å². The second-order valence-electron chi connectivity index (χ2n) is 7.24. The third-order valence-electron chi connectivity index (χ3n) is 5.40. The molecule has 0 spiro atoms. The van der Waals surface area contributed by atoms with Crippen LogP contribution in [0.5, 0.6) is 5.75 Å². The maximum atomic E-state index is 14.1. The molecular weight excluding hydrogens is 405 g/mol. The molecule has 2 aromatic carbocycles. The molecule has 0 aliphatic carbocycles. The van der Waals surface area contributed by atoms with E-state index < -0.39 is 5.82 Å². The molecule has 1 saturated heterocycles. The highest BCUT2D eigenvalue weighted by Gasteiger charge is 2.29. The molecule has 0 radical (unpaired) electrons. The first-order chi connectivity index (χ1) is 14.6.